The number of hydrazone groups is 1. The van der Waals surface area contributed by atoms with E-state index in [1.54, 1.807) is 19.4 Å². The van der Waals surface area contributed by atoms with Crippen molar-refractivity contribution >= 4 is 17.8 Å². The number of methoxy groups -OCH3 is 1. The first kappa shape index (κ1) is 22.9. The van der Waals surface area contributed by atoms with E-state index in [-0.39, 0.29) is 11.4 Å². The molecular weight excluding hydrogens is 386 g/mol. The van der Waals surface area contributed by atoms with Crippen molar-refractivity contribution in [3.63, 3.8) is 0 Å². The van der Waals surface area contributed by atoms with Crippen molar-refractivity contribution in [2.75, 3.05) is 12.0 Å². The lowest BCUT2D eigenvalue weighted by Crippen LogP contribution is -2.51. The Balaban J connectivity index is 1.86. The SMILES string of the molecule is COc1cc(C)ccc1C(=O)N/N=C/c1cc2c(cc1C)N(C(C)C)C(C)(C)CC2C. The first-order valence-electron chi connectivity index (χ1n) is 11.0. The van der Waals surface area contributed by atoms with E-state index >= 15 is 0 Å². The van der Waals surface area contributed by atoms with Crippen LogP contribution in [-0.2, 0) is 0 Å². The molecule has 31 heavy (non-hydrogen) atoms. The lowest BCUT2D eigenvalue weighted by molar-refractivity contribution is 0.0952. The second-order valence-electron chi connectivity index (χ2n) is 9.55. The van der Waals surface area contributed by atoms with E-state index in [0.717, 1.165) is 23.1 Å². The van der Waals surface area contributed by atoms with Crippen LogP contribution in [0.3, 0.4) is 0 Å². The second kappa shape index (κ2) is 8.74. The Kier molecular flexibility index (Phi) is 6.44. The zero-order valence-corrected chi connectivity index (χ0v) is 20.0. The highest BCUT2D eigenvalue weighted by Crippen LogP contribution is 2.45. The topological polar surface area (TPSA) is 53.9 Å². The molecule has 0 saturated carbocycles. The number of carbonyl (C=O) groups is 1. The van der Waals surface area contributed by atoms with Gasteiger partial charge in [-0.2, -0.15) is 5.10 Å². The molecule has 0 aliphatic carbocycles. The summed E-state index contributed by atoms with van der Waals surface area (Å²) in [7, 11) is 1.56. The third-order valence-electron chi connectivity index (χ3n) is 6.15. The van der Waals surface area contributed by atoms with Crippen molar-refractivity contribution in [1.29, 1.82) is 0 Å². The highest BCUT2D eigenvalue weighted by molar-refractivity contribution is 5.97. The Bertz CT molecular complexity index is 1010. The summed E-state index contributed by atoms with van der Waals surface area (Å²) in [5, 5.41) is 4.24. The van der Waals surface area contributed by atoms with Crippen molar-refractivity contribution in [2.24, 2.45) is 5.10 Å². The number of ether oxygens (including phenoxy) is 1. The zero-order chi connectivity index (χ0) is 22.9. The smallest absolute Gasteiger partial charge is 0.275 e. The summed E-state index contributed by atoms with van der Waals surface area (Å²) >= 11 is 0. The molecule has 0 aromatic heterocycles. The lowest BCUT2D eigenvalue weighted by atomic mass is 9.78. The number of hydrogen-bond donors (Lipinski definition) is 1. The maximum absolute atomic E-state index is 12.6. The Labute approximate surface area is 186 Å². The highest BCUT2D eigenvalue weighted by atomic mass is 16.5. The van der Waals surface area contributed by atoms with Gasteiger partial charge in [0, 0.05) is 17.3 Å². The molecule has 0 saturated heterocycles. The lowest BCUT2D eigenvalue weighted by Gasteiger charge is -2.50. The summed E-state index contributed by atoms with van der Waals surface area (Å²) < 4.78 is 5.33. The molecule has 1 heterocycles. The number of amides is 1. The summed E-state index contributed by atoms with van der Waals surface area (Å²) in [6.45, 7) is 15.5. The van der Waals surface area contributed by atoms with Gasteiger partial charge in [-0.15, -0.1) is 0 Å². The van der Waals surface area contributed by atoms with Gasteiger partial charge in [-0.1, -0.05) is 13.0 Å². The number of nitrogens with zero attached hydrogens (tertiary/aromatic N) is 2. The molecule has 5 nitrogen and oxygen atoms in total. The molecule has 166 valence electrons. The normalized spacial score (nSPS) is 17.7. The number of benzene rings is 2. The van der Waals surface area contributed by atoms with Crippen LogP contribution < -0.4 is 15.1 Å². The third-order valence-corrected chi connectivity index (χ3v) is 6.15. The van der Waals surface area contributed by atoms with E-state index < -0.39 is 0 Å². The van der Waals surface area contributed by atoms with E-state index in [4.69, 9.17) is 4.74 Å². The van der Waals surface area contributed by atoms with E-state index in [1.165, 1.54) is 11.3 Å². The molecule has 3 rings (SSSR count). The molecule has 0 spiro atoms. The molecular formula is C26H35N3O2. The van der Waals surface area contributed by atoms with Crippen LogP contribution in [0.2, 0.25) is 0 Å². The van der Waals surface area contributed by atoms with Gasteiger partial charge in [0.15, 0.2) is 0 Å². The standard InChI is InChI=1S/C26H35N3O2/c1-16(2)29-23-12-18(4)20(13-22(23)19(5)14-26(29,6)7)15-27-28-25(30)21-10-9-17(3)11-24(21)31-8/h9-13,15-16,19H,14H2,1-8H3,(H,28,30)/b27-15+. The summed E-state index contributed by atoms with van der Waals surface area (Å²) in [6.07, 6.45) is 2.84. The van der Waals surface area contributed by atoms with Crippen LogP contribution in [0.4, 0.5) is 5.69 Å². The molecule has 0 radical (unpaired) electrons. The number of carbonyl (C=O) groups excluding carboxylic acids is 1. The fourth-order valence-corrected chi connectivity index (χ4v) is 4.94. The summed E-state index contributed by atoms with van der Waals surface area (Å²) in [6, 6.07) is 10.4. The minimum absolute atomic E-state index is 0.115. The van der Waals surface area contributed by atoms with Crippen LogP contribution in [0, 0.1) is 13.8 Å². The number of aryl methyl sites for hydroxylation is 2. The fourth-order valence-electron chi connectivity index (χ4n) is 4.94. The maximum Gasteiger partial charge on any atom is 0.275 e. The van der Waals surface area contributed by atoms with E-state index in [9.17, 15) is 4.79 Å². The minimum atomic E-state index is -0.287. The quantitative estimate of drug-likeness (QED) is 0.507. The summed E-state index contributed by atoms with van der Waals surface area (Å²) in [5.74, 6) is 0.715. The van der Waals surface area contributed by atoms with E-state index in [1.807, 2.05) is 19.1 Å². The van der Waals surface area contributed by atoms with Crippen LogP contribution in [0.5, 0.6) is 5.75 Å². The van der Waals surface area contributed by atoms with Gasteiger partial charge < -0.3 is 9.64 Å². The van der Waals surface area contributed by atoms with Gasteiger partial charge >= 0.3 is 0 Å². The molecule has 1 amide bonds. The Hall–Kier alpha value is -2.82. The van der Waals surface area contributed by atoms with Crippen LogP contribution in [0.25, 0.3) is 0 Å². The van der Waals surface area contributed by atoms with Crippen LogP contribution in [-0.4, -0.2) is 30.8 Å². The molecule has 1 atom stereocenters. The van der Waals surface area contributed by atoms with Gasteiger partial charge in [0.1, 0.15) is 5.75 Å². The average Bonchev–Trinajstić information content (AvgIpc) is 2.67. The average molecular weight is 422 g/mol. The molecule has 1 aliphatic rings. The molecule has 2 aromatic rings. The van der Waals surface area contributed by atoms with Gasteiger partial charge in [-0.3, -0.25) is 4.79 Å². The fraction of sp³-hybridized carbons (Fsp3) is 0.462. The number of hydrogen-bond acceptors (Lipinski definition) is 4. The summed E-state index contributed by atoms with van der Waals surface area (Å²) in [5.41, 5.74) is 9.06. The molecule has 0 bridgehead atoms. The van der Waals surface area contributed by atoms with E-state index in [2.05, 4.69) is 69.1 Å². The van der Waals surface area contributed by atoms with Gasteiger partial charge in [-0.25, -0.2) is 5.43 Å². The van der Waals surface area contributed by atoms with Crippen molar-refractivity contribution in [2.45, 2.75) is 72.4 Å². The predicted octanol–water partition coefficient (Wildman–Crippen LogP) is 5.58. The van der Waals surface area contributed by atoms with Crippen LogP contribution in [0.1, 0.15) is 79.6 Å². The minimum Gasteiger partial charge on any atom is -0.496 e. The Morgan fingerprint density at radius 3 is 2.61 bits per heavy atom. The number of anilines is 1. The van der Waals surface area contributed by atoms with Gasteiger partial charge in [0.2, 0.25) is 0 Å². The molecule has 1 N–H and O–H groups in total. The number of nitrogens with one attached hydrogen (secondary N) is 1. The van der Waals surface area contributed by atoms with E-state index in [0.29, 0.717) is 23.3 Å². The van der Waals surface area contributed by atoms with Crippen molar-refractivity contribution in [1.82, 2.24) is 5.43 Å². The molecule has 2 aromatic carbocycles. The van der Waals surface area contributed by atoms with Crippen molar-refractivity contribution in [3.05, 3.63) is 58.1 Å². The first-order valence-corrected chi connectivity index (χ1v) is 11.0. The molecule has 5 heteroatoms. The third kappa shape index (κ3) is 4.60. The summed E-state index contributed by atoms with van der Waals surface area (Å²) in [4.78, 5) is 15.1. The van der Waals surface area contributed by atoms with Crippen molar-refractivity contribution < 1.29 is 9.53 Å². The largest absolute Gasteiger partial charge is 0.496 e. The molecule has 1 unspecified atom stereocenters. The molecule has 1 aliphatic heterocycles. The van der Waals surface area contributed by atoms with Crippen LogP contribution >= 0.6 is 0 Å². The second-order valence-corrected chi connectivity index (χ2v) is 9.55. The van der Waals surface area contributed by atoms with Gasteiger partial charge in [-0.05, 0) is 100 Å². The maximum atomic E-state index is 12.6. The van der Waals surface area contributed by atoms with Crippen molar-refractivity contribution in [3.8, 4) is 5.75 Å². The monoisotopic (exact) mass is 421 g/mol. The zero-order valence-electron chi connectivity index (χ0n) is 20.0. The Morgan fingerprint density at radius 2 is 1.97 bits per heavy atom. The van der Waals surface area contributed by atoms with Crippen LogP contribution in [0.15, 0.2) is 35.4 Å². The van der Waals surface area contributed by atoms with Gasteiger partial charge in [0.25, 0.3) is 5.91 Å². The Morgan fingerprint density at radius 1 is 1.26 bits per heavy atom. The first-order chi connectivity index (χ1) is 14.5. The number of rotatable bonds is 5. The number of fused-ring (bicyclic) bond motifs is 1. The van der Waals surface area contributed by atoms with Gasteiger partial charge in [0.05, 0.1) is 18.9 Å². The highest BCUT2D eigenvalue weighted by Gasteiger charge is 2.37. The molecule has 0 fully saturated rings. The predicted molar refractivity (Wildman–Crippen MR) is 129 cm³/mol.